The molecule has 0 aliphatic carbocycles. The van der Waals surface area contributed by atoms with Crippen LogP contribution in [0, 0.1) is 11.6 Å². The Morgan fingerprint density at radius 2 is 1.94 bits per heavy atom. The molecule has 0 amide bonds. The minimum Gasteiger partial charge on any atom is -0.319 e. The van der Waals surface area contributed by atoms with E-state index < -0.39 is 17.7 Å². The molecule has 1 unspecified atom stereocenters. The predicted molar refractivity (Wildman–Crippen MR) is 60.3 cm³/mol. The predicted octanol–water partition coefficient (Wildman–Crippen LogP) is 2.23. The second-order valence-corrected chi connectivity index (χ2v) is 3.75. The fourth-order valence-electron chi connectivity index (χ4n) is 1.80. The lowest BCUT2D eigenvalue weighted by molar-refractivity contribution is 0.569. The van der Waals surface area contributed by atoms with Gasteiger partial charge in [-0.3, -0.25) is 4.68 Å². The van der Waals surface area contributed by atoms with Crippen molar-refractivity contribution < 1.29 is 8.78 Å². The first-order chi connectivity index (χ1) is 8.11. The Morgan fingerprint density at radius 1 is 1.29 bits per heavy atom. The Morgan fingerprint density at radius 3 is 2.53 bits per heavy atom. The molecule has 0 saturated carbocycles. The molecule has 1 aromatic heterocycles. The molecule has 0 saturated heterocycles. The zero-order chi connectivity index (χ0) is 12.4. The molecule has 3 nitrogen and oxygen atoms in total. The highest BCUT2D eigenvalue weighted by molar-refractivity contribution is 5.28. The number of halogens is 2. The molecule has 5 heteroatoms. The number of hydrogen-bond donors (Lipinski definition) is 1. The van der Waals surface area contributed by atoms with Gasteiger partial charge in [-0.25, -0.2) is 8.78 Å². The van der Waals surface area contributed by atoms with Crippen molar-refractivity contribution in [1.82, 2.24) is 9.78 Å². The summed E-state index contributed by atoms with van der Waals surface area (Å²) in [4.78, 5) is 0. The van der Waals surface area contributed by atoms with Gasteiger partial charge in [-0.2, -0.15) is 5.10 Å². The van der Waals surface area contributed by atoms with Gasteiger partial charge in [0.1, 0.15) is 11.6 Å². The third-order valence-corrected chi connectivity index (χ3v) is 2.61. The molecule has 1 aromatic carbocycles. The molecule has 0 aliphatic rings. The second-order valence-electron chi connectivity index (χ2n) is 3.75. The zero-order valence-electron chi connectivity index (χ0n) is 9.40. The molecule has 0 bridgehead atoms. The monoisotopic (exact) mass is 237 g/mol. The van der Waals surface area contributed by atoms with Crippen LogP contribution in [-0.4, -0.2) is 9.78 Å². The number of nitrogens with two attached hydrogens (primary N) is 1. The quantitative estimate of drug-likeness (QED) is 0.889. The van der Waals surface area contributed by atoms with Crippen LogP contribution in [-0.2, 0) is 6.54 Å². The Hall–Kier alpha value is -1.75. The molecule has 0 spiro atoms. The number of hydrogen-bond acceptors (Lipinski definition) is 2. The van der Waals surface area contributed by atoms with E-state index in [1.165, 1.54) is 12.1 Å². The number of aryl methyl sites for hydroxylation is 1. The van der Waals surface area contributed by atoms with E-state index in [0.717, 1.165) is 11.8 Å². The van der Waals surface area contributed by atoms with E-state index in [4.69, 9.17) is 5.73 Å². The summed E-state index contributed by atoms with van der Waals surface area (Å²) >= 11 is 0. The van der Waals surface area contributed by atoms with Crippen molar-refractivity contribution in [2.75, 3.05) is 0 Å². The van der Waals surface area contributed by atoms with Gasteiger partial charge in [-0.1, -0.05) is 0 Å². The van der Waals surface area contributed by atoms with Crippen LogP contribution in [0.4, 0.5) is 8.78 Å². The van der Waals surface area contributed by atoms with Crippen LogP contribution in [0.2, 0.25) is 0 Å². The Balaban J connectivity index is 2.39. The van der Waals surface area contributed by atoms with Gasteiger partial charge in [0.15, 0.2) is 0 Å². The molecular formula is C12H13F2N3. The van der Waals surface area contributed by atoms with E-state index in [9.17, 15) is 8.78 Å². The minimum absolute atomic E-state index is 0.401. The standard InChI is InChI=1S/C12H13F2N3/c1-2-17-11(3-4-16-17)12(15)8-5-9(13)7-10(14)6-8/h3-7,12H,2,15H2,1H3. The van der Waals surface area contributed by atoms with Crippen LogP contribution >= 0.6 is 0 Å². The largest absolute Gasteiger partial charge is 0.319 e. The second kappa shape index (κ2) is 4.63. The average molecular weight is 237 g/mol. The maximum atomic E-state index is 13.1. The molecule has 2 N–H and O–H groups in total. The molecular weight excluding hydrogens is 224 g/mol. The highest BCUT2D eigenvalue weighted by Crippen LogP contribution is 2.21. The Kier molecular flexibility index (Phi) is 3.19. The smallest absolute Gasteiger partial charge is 0.126 e. The average Bonchev–Trinajstić information content (AvgIpc) is 2.74. The van der Waals surface area contributed by atoms with Crippen molar-refractivity contribution in [3.63, 3.8) is 0 Å². The van der Waals surface area contributed by atoms with Crippen LogP contribution in [0.15, 0.2) is 30.5 Å². The molecule has 1 heterocycles. The number of nitrogens with zero attached hydrogens (tertiary/aromatic N) is 2. The molecule has 2 aromatic rings. The van der Waals surface area contributed by atoms with Gasteiger partial charge in [0.2, 0.25) is 0 Å². The topological polar surface area (TPSA) is 43.8 Å². The third kappa shape index (κ3) is 2.34. The lowest BCUT2D eigenvalue weighted by atomic mass is 10.0. The van der Waals surface area contributed by atoms with Crippen molar-refractivity contribution in [2.45, 2.75) is 19.5 Å². The third-order valence-electron chi connectivity index (χ3n) is 2.61. The Labute approximate surface area is 97.9 Å². The van der Waals surface area contributed by atoms with Gasteiger partial charge < -0.3 is 5.73 Å². The summed E-state index contributed by atoms with van der Waals surface area (Å²) in [5.74, 6) is -1.25. The summed E-state index contributed by atoms with van der Waals surface area (Å²) in [6.07, 6.45) is 1.62. The Bertz CT molecular complexity index is 502. The SMILES string of the molecule is CCn1nccc1C(N)c1cc(F)cc(F)c1. The summed E-state index contributed by atoms with van der Waals surface area (Å²) in [6, 6.07) is 4.47. The minimum atomic E-state index is -0.627. The van der Waals surface area contributed by atoms with Crippen molar-refractivity contribution in [3.8, 4) is 0 Å². The molecule has 0 fully saturated rings. The van der Waals surface area contributed by atoms with Crippen LogP contribution in [0.3, 0.4) is 0 Å². The molecule has 0 aliphatic heterocycles. The first-order valence-electron chi connectivity index (χ1n) is 5.35. The summed E-state index contributed by atoms with van der Waals surface area (Å²) in [6.45, 7) is 2.59. The highest BCUT2D eigenvalue weighted by atomic mass is 19.1. The van der Waals surface area contributed by atoms with E-state index >= 15 is 0 Å². The van der Waals surface area contributed by atoms with E-state index in [1.54, 1.807) is 16.9 Å². The van der Waals surface area contributed by atoms with Gasteiger partial charge in [-0.15, -0.1) is 0 Å². The number of benzene rings is 1. The van der Waals surface area contributed by atoms with Crippen molar-refractivity contribution in [2.24, 2.45) is 5.73 Å². The van der Waals surface area contributed by atoms with Crippen LogP contribution in [0.1, 0.15) is 24.2 Å². The molecule has 0 radical (unpaired) electrons. The van der Waals surface area contributed by atoms with Crippen molar-refractivity contribution >= 4 is 0 Å². The van der Waals surface area contributed by atoms with Gasteiger partial charge >= 0.3 is 0 Å². The highest BCUT2D eigenvalue weighted by Gasteiger charge is 2.15. The lowest BCUT2D eigenvalue weighted by Gasteiger charge is -2.14. The maximum absolute atomic E-state index is 13.1. The summed E-state index contributed by atoms with van der Waals surface area (Å²) in [7, 11) is 0. The van der Waals surface area contributed by atoms with Crippen LogP contribution in [0.5, 0.6) is 0 Å². The first-order valence-corrected chi connectivity index (χ1v) is 5.35. The number of aromatic nitrogens is 2. The van der Waals surface area contributed by atoms with E-state index in [2.05, 4.69) is 5.10 Å². The lowest BCUT2D eigenvalue weighted by Crippen LogP contribution is -2.17. The van der Waals surface area contributed by atoms with Gasteiger partial charge in [0, 0.05) is 18.8 Å². The normalized spacial score (nSPS) is 12.7. The maximum Gasteiger partial charge on any atom is 0.126 e. The van der Waals surface area contributed by atoms with E-state index in [0.29, 0.717) is 12.1 Å². The fourth-order valence-corrected chi connectivity index (χ4v) is 1.80. The molecule has 90 valence electrons. The van der Waals surface area contributed by atoms with E-state index in [-0.39, 0.29) is 0 Å². The molecule has 1 atom stereocenters. The summed E-state index contributed by atoms with van der Waals surface area (Å²) < 4.78 is 27.9. The molecule has 17 heavy (non-hydrogen) atoms. The van der Waals surface area contributed by atoms with Crippen molar-refractivity contribution in [3.05, 3.63) is 53.4 Å². The van der Waals surface area contributed by atoms with Gasteiger partial charge in [0.05, 0.1) is 11.7 Å². The van der Waals surface area contributed by atoms with Crippen LogP contribution < -0.4 is 5.73 Å². The van der Waals surface area contributed by atoms with Gasteiger partial charge in [-0.05, 0) is 30.7 Å². The van der Waals surface area contributed by atoms with Crippen molar-refractivity contribution in [1.29, 1.82) is 0 Å². The summed E-state index contributed by atoms with van der Waals surface area (Å²) in [5, 5.41) is 4.08. The zero-order valence-corrected chi connectivity index (χ0v) is 9.40. The molecule has 2 rings (SSSR count). The fraction of sp³-hybridized carbons (Fsp3) is 0.250. The van der Waals surface area contributed by atoms with Crippen LogP contribution in [0.25, 0.3) is 0 Å². The van der Waals surface area contributed by atoms with Gasteiger partial charge in [0.25, 0.3) is 0 Å². The van der Waals surface area contributed by atoms with E-state index in [1.807, 2.05) is 6.92 Å². The first kappa shape index (κ1) is 11.7. The summed E-state index contributed by atoms with van der Waals surface area (Å²) in [5.41, 5.74) is 7.12. The number of rotatable bonds is 3.